The topological polar surface area (TPSA) is 34.0 Å². The first-order valence-electron chi connectivity index (χ1n) is 7.04. The molecule has 0 spiro atoms. The maximum atomic E-state index is 13.1. The smallest absolute Gasteiger partial charge is 0.222 e. The molecule has 0 saturated carbocycles. The van der Waals surface area contributed by atoms with Crippen LogP contribution in [0.15, 0.2) is 48.8 Å². The van der Waals surface area contributed by atoms with Crippen molar-refractivity contribution in [2.24, 2.45) is 0 Å². The van der Waals surface area contributed by atoms with E-state index in [-0.39, 0.29) is 23.3 Å². The standard InChI is InChI=1S/C17H21FN2O/c1-17(2,3)19-16(21)12-15(20-10-4-5-11-20)13-6-8-14(18)9-7-13/h4-11,15H,12H2,1-3H3,(H,19,21). The number of halogens is 1. The van der Waals surface area contributed by atoms with Gasteiger partial charge in [-0.2, -0.15) is 0 Å². The van der Waals surface area contributed by atoms with E-state index < -0.39 is 0 Å². The minimum atomic E-state index is -0.274. The third kappa shape index (κ3) is 4.45. The van der Waals surface area contributed by atoms with E-state index in [0.29, 0.717) is 6.42 Å². The number of amides is 1. The lowest BCUT2D eigenvalue weighted by Gasteiger charge is -2.24. The van der Waals surface area contributed by atoms with Crippen molar-refractivity contribution in [3.63, 3.8) is 0 Å². The van der Waals surface area contributed by atoms with Crippen LogP contribution in [0.25, 0.3) is 0 Å². The highest BCUT2D eigenvalue weighted by Gasteiger charge is 2.20. The number of hydrogen-bond donors (Lipinski definition) is 1. The van der Waals surface area contributed by atoms with Crippen molar-refractivity contribution in [3.05, 3.63) is 60.2 Å². The fourth-order valence-electron chi connectivity index (χ4n) is 2.28. The number of nitrogens with one attached hydrogen (secondary N) is 1. The predicted molar refractivity (Wildman–Crippen MR) is 81.5 cm³/mol. The van der Waals surface area contributed by atoms with E-state index in [2.05, 4.69) is 5.32 Å². The number of carbonyl (C=O) groups is 1. The van der Waals surface area contributed by atoms with Gasteiger partial charge < -0.3 is 9.88 Å². The molecule has 1 N–H and O–H groups in total. The van der Waals surface area contributed by atoms with Crippen molar-refractivity contribution < 1.29 is 9.18 Å². The molecule has 1 unspecified atom stereocenters. The molecule has 0 fully saturated rings. The van der Waals surface area contributed by atoms with Gasteiger partial charge in [0.2, 0.25) is 5.91 Å². The quantitative estimate of drug-likeness (QED) is 0.917. The van der Waals surface area contributed by atoms with Crippen molar-refractivity contribution >= 4 is 5.91 Å². The number of nitrogens with zero attached hydrogens (tertiary/aromatic N) is 1. The summed E-state index contributed by atoms with van der Waals surface area (Å²) in [5, 5.41) is 2.97. The highest BCUT2D eigenvalue weighted by atomic mass is 19.1. The average Bonchev–Trinajstić information content (AvgIpc) is 2.88. The molecule has 21 heavy (non-hydrogen) atoms. The molecule has 2 aromatic rings. The van der Waals surface area contributed by atoms with Crippen LogP contribution in [0.5, 0.6) is 0 Å². The lowest BCUT2D eigenvalue weighted by molar-refractivity contribution is -0.123. The Balaban J connectivity index is 2.22. The number of carbonyl (C=O) groups excluding carboxylic acids is 1. The molecule has 1 heterocycles. The van der Waals surface area contributed by atoms with Crippen LogP contribution >= 0.6 is 0 Å². The van der Waals surface area contributed by atoms with Crippen LogP contribution < -0.4 is 5.32 Å². The lowest BCUT2D eigenvalue weighted by Crippen LogP contribution is -2.41. The van der Waals surface area contributed by atoms with Crippen molar-refractivity contribution in [2.45, 2.75) is 38.8 Å². The summed E-state index contributed by atoms with van der Waals surface area (Å²) in [6.07, 6.45) is 4.15. The molecule has 0 aliphatic rings. The molecule has 0 aliphatic heterocycles. The molecular weight excluding hydrogens is 267 g/mol. The van der Waals surface area contributed by atoms with E-state index in [0.717, 1.165) is 5.56 Å². The van der Waals surface area contributed by atoms with Crippen LogP contribution in [0, 0.1) is 5.82 Å². The third-order valence-corrected chi connectivity index (χ3v) is 3.14. The van der Waals surface area contributed by atoms with Crippen molar-refractivity contribution in [1.82, 2.24) is 9.88 Å². The monoisotopic (exact) mass is 288 g/mol. The van der Waals surface area contributed by atoms with Crippen LogP contribution in [0.2, 0.25) is 0 Å². The van der Waals surface area contributed by atoms with Gasteiger partial charge in [0, 0.05) is 17.9 Å². The zero-order valence-corrected chi connectivity index (χ0v) is 12.6. The van der Waals surface area contributed by atoms with Crippen LogP contribution in [0.1, 0.15) is 38.8 Å². The molecule has 2 rings (SSSR count). The van der Waals surface area contributed by atoms with Gasteiger partial charge in [-0.15, -0.1) is 0 Å². The Hall–Kier alpha value is -2.10. The first-order valence-corrected chi connectivity index (χ1v) is 7.04. The predicted octanol–water partition coefficient (Wildman–Crippen LogP) is 3.52. The van der Waals surface area contributed by atoms with Crippen LogP contribution in [-0.2, 0) is 4.79 Å². The van der Waals surface area contributed by atoms with E-state index in [9.17, 15) is 9.18 Å². The van der Waals surface area contributed by atoms with Crippen molar-refractivity contribution in [3.8, 4) is 0 Å². The molecule has 0 saturated heterocycles. The van der Waals surface area contributed by atoms with Gasteiger partial charge in [0.05, 0.1) is 12.5 Å². The summed E-state index contributed by atoms with van der Waals surface area (Å²) in [6.45, 7) is 5.86. The summed E-state index contributed by atoms with van der Waals surface area (Å²) < 4.78 is 15.1. The highest BCUT2D eigenvalue weighted by molar-refractivity contribution is 5.77. The summed E-state index contributed by atoms with van der Waals surface area (Å²) in [5.41, 5.74) is 0.651. The van der Waals surface area contributed by atoms with Crippen molar-refractivity contribution in [2.75, 3.05) is 0 Å². The molecule has 1 aromatic carbocycles. The van der Waals surface area contributed by atoms with Gasteiger partial charge in [-0.25, -0.2) is 4.39 Å². The molecule has 3 nitrogen and oxygen atoms in total. The minimum Gasteiger partial charge on any atom is -0.351 e. The number of aromatic nitrogens is 1. The van der Waals surface area contributed by atoms with Gasteiger partial charge >= 0.3 is 0 Å². The Labute approximate surface area is 124 Å². The van der Waals surface area contributed by atoms with Gasteiger partial charge in [-0.1, -0.05) is 12.1 Å². The van der Waals surface area contributed by atoms with Gasteiger partial charge in [-0.3, -0.25) is 4.79 Å². The van der Waals surface area contributed by atoms with Gasteiger partial charge in [0.25, 0.3) is 0 Å². The normalized spacial score (nSPS) is 13.0. The molecule has 0 radical (unpaired) electrons. The van der Waals surface area contributed by atoms with E-state index >= 15 is 0 Å². The zero-order valence-electron chi connectivity index (χ0n) is 12.6. The maximum absolute atomic E-state index is 13.1. The maximum Gasteiger partial charge on any atom is 0.222 e. The van der Waals surface area contributed by atoms with Crippen LogP contribution in [0.3, 0.4) is 0 Å². The number of rotatable bonds is 4. The Morgan fingerprint density at radius 2 is 1.76 bits per heavy atom. The average molecular weight is 288 g/mol. The summed E-state index contributed by atoms with van der Waals surface area (Å²) in [7, 11) is 0. The van der Waals surface area contributed by atoms with Gasteiger partial charge in [0.1, 0.15) is 5.82 Å². The molecule has 4 heteroatoms. The number of benzene rings is 1. The first-order chi connectivity index (χ1) is 9.85. The Morgan fingerprint density at radius 1 is 1.19 bits per heavy atom. The van der Waals surface area contributed by atoms with E-state index in [4.69, 9.17) is 0 Å². The zero-order chi connectivity index (χ0) is 15.5. The fraction of sp³-hybridized carbons (Fsp3) is 0.353. The lowest BCUT2D eigenvalue weighted by atomic mass is 10.0. The highest BCUT2D eigenvalue weighted by Crippen LogP contribution is 2.23. The van der Waals surface area contributed by atoms with E-state index in [1.165, 1.54) is 12.1 Å². The molecule has 0 aliphatic carbocycles. The fourth-order valence-corrected chi connectivity index (χ4v) is 2.28. The van der Waals surface area contributed by atoms with E-state index in [1.54, 1.807) is 12.1 Å². The molecule has 1 amide bonds. The van der Waals surface area contributed by atoms with E-state index in [1.807, 2.05) is 49.9 Å². The van der Waals surface area contributed by atoms with Crippen LogP contribution in [-0.4, -0.2) is 16.0 Å². The van der Waals surface area contributed by atoms with Gasteiger partial charge in [0.15, 0.2) is 0 Å². The largest absolute Gasteiger partial charge is 0.351 e. The Kier molecular flexibility index (Phi) is 4.46. The summed E-state index contributed by atoms with van der Waals surface area (Å²) in [5.74, 6) is -0.297. The van der Waals surface area contributed by atoms with Crippen LogP contribution in [0.4, 0.5) is 4.39 Å². The van der Waals surface area contributed by atoms with Crippen molar-refractivity contribution in [1.29, 1.82) is 0 Å². The third-order valence-electron chi connectivity index (χ3n) is 3.14. The molecular formula is C17H21FN2O. The Morgan fingerprint density at radius 3 is 2.29 bits per heavy atom. The number of hydrogen-bond acceptors (Lipinski definition) is 1. The minimum absolute atomic E-state index is 0.0227. The first kappa shape index (κ1) is 15.3. The van der Waals surface area contributed by atoms with Gasteiger partial charge in [-0.05, 0) is 50.6 Å². The SMILES string of the molecule is CC(C)(C)NC(=O)CC(c1ccc(F)cc1)n1cccc1. The summed E-state index contributed by atoms with van der Waals surface area (Å²) in [6, 6.07) is 9.99. The molecule has 0 bridgehead atoms. The molecule has 112 valence electrons. The Bertz CT molecular complexity index is 582. The second-order valence-corrected chi connectivity index (χ2v) is 6.20. The second kappa shape index (κ2) is 6.12. The second-order valence-electron chi connectivity index (χ2n) is 6.20. The summed E-state index contributed by atoms with van der Waals surface area (Å²) in [4.78, 5) is 12.2. The molecule has 1 atom stereocenters. The summed E-state index contributed by atoms with van der Waals surface area (Å²) >= 11 is 0. The molecule has 1 aromatic heterocycles.